The second kappa shape index (κ2) is 14.1. The maximum Gasteiger partial charge on any atom is 0.338 e. The monoisotopic (exact) mass is 513 g/mol. The first kappa shape index (κ1) is 27.9. The molecule has 0 spiro atoms. The summed E-state index contributed by atoms with van der Waals surface area (Å²) >= 11 is 0. The zero-order valence-corrected chi connectivity index (χ0v) is 19.9. The first-order chi connectivity index (χ1) is 17.8. The van der Waals surface area contributed by atoms with Gasteiger partial charge in [0.1, 0.15) is 24.9 Å². The number of non-ortho nitro benzene ring substituents is 1. The molecule has 0 aliphatic carbocycles. The molecule has 0 saturated heterocycles. The van der Waals surface area contributed by atoms with Crippen molar-refractivity contribution >= 4 is 11.7 Å². The molecule has 3 rings (SSSR count). The van der Waals surface area contributed by atoms with Gasteiger partial charge in [0, 0.05) is 12.1 Å². The zero-order valence-electron chi connectivity index (χ0n) is 19.9. The van der Waals surface area contributed by atoms with E-state index in [4.69, 9.17) is 14.2 Å². The maximum absolute atomic E-state index is 14.7. The summed E-state index contributed by atoms with van der Waals surface area (Å²) in [5, 5.41) is 31.9. The number of nitro groups is 1. The van der Waals surface area contributed by atoms with Gasteiger partial charge in [-0.25, -0.2) is 9.18 Å². The van der Waals surface area contributed by atoms with Gasteiger partial charge in [-0.2, -0.15) is 0 Å². The fourth-order valence-corrected chi connectivity index (χ4v) is 3.38. The number of ether oxygens (including phenoxy) is 3. The van der Waals surface area contributed by atoms with Gasteiger partial charge >= 0.3 is 5.97 Å². The second-order valence-corrected chi connectivity index (χ2v) is 8.24. The van der Waals surface area contributed by atoms with E-state index in [9.17, 15) is 29.5 Å². The number of rotatable bonds is 14. The average Bonchev–Trinajstić information content (AvgIpc) is 2.93. The SMILES string of the molecule is O=C(OC[C@H](OCc1ccccc1)[C@H](O)[C@@H](O)[C@@H](F)COCc1ccccc1)c1ccc([N+](=O)[O-])cc1. The quantitative estimate of drug-likeness (QED) is 0.190. The lowest BCUT2D eigenvalue weighted by molar-refractivity contribution is -0.384. The van der Waals surface area contributed by atoms with E-state index < -0.39 is 48.6 Å². The van der Waals surface area contributed by atoms with Gasteiger partial charge in [-0.05, 0) is 23.3 Å². The van der Waals surface area contributed by atoms with Gasteiger partial charge in [-0.15, -0.1) is 0 Å². The van der Waals surface area contributed by atoms with E-state index in [0.717, 1.165) is 23.3 Å². The Kier molecular flexibility index (Phi) is 10.7. The van der Waals surface area contributed by atoms with Gasteiger partial charge in [-0.3, -0.25) is 10.1 Å². The predicted octanol–water partition coefficient (Wildman–Crippen LogP) is 3.61. The molecule has 0 unspecified atom stereocenters. The van der Waals surface area contributed by atoms with Crippen molar-refractivity contribution in [3.05, 3.63) is 112 Å². The van der Waals surface area contributed by atoms with E-state index in [2.05, 4.69) is 0 Å². The number of esters is 1. The minimum atomic E-state index is -1.94. The number of hydrogen-bond donors (Lipinski definition) is 2. The Morgan fingerprint density at radius 3 is 1.97 bits per heavy atom. The summed E-state index contributed by atoms with van der Waals surface area (Å²) in [6.45, 7) is -0.837. The molecular formula is C27H28FNO8. The normalized spacial score (nSPS) is 14.4. The third kappa shape index (κ3) is 8.72. The van der Waals surface area contributed by atoms with Crippen LogP contribution in [0.25, 0.3) is 0 Å². The largest absolute Gasteiger partial charge is 0.459 e. The molecule has 0 aromatic heterocycles. The van der Waals surface area contributed by atoms with Crippen molar-refractivity contribution in [3.8, 4) is 0 Å². The zero-order chi connectivity index (χ0) is 26.6. The molecular weight excluding hydrogens is 485 g/mol. The average molecular weight is 514 g/mol. The van der Waals surface area contributed by atoms with E-state index >= 15 is 0 Å². The molecule has 196 valence electrons. The van der Waals surface area contributed by atoms with Gasteiger partial charge in [0.15, 0.2) is 6.17 Å². The summed E-state index contributed by atoms with van der Waals surface area (Å²) in [6, 6.07) is 22.8. The Morgan fingerprint density at radius 2 is 1.41 bits per heavy atom. The molecule has 10 heteroatoms. The molecule has 0 fully saturated rings. The minimum Gasteiger partial charge on any atom is -0.459 e. The van der Waals surface area contributed by atoms with Crippen LogP contribution in [0, 0.1) is 10.1 Å². The van der Waals surface area contributed by atoms with Crippen molar-refractivity contribution in [1.29, 1.82) is 0 Å². The number of carbonyl (C=O) groups excluding carboxylic acids is 1. The Bertz CT molecular complexity index is 1110. The van der Waals surface area contributed by atoms with E-state index in [1.165, 1.54) is 12.1 Å². The lowest BCUT2D eigenvalue weighted by Crippen LogP contribution is -2.47. The van der Waals surface area contributed by atoms with Crippen LogP contribution in [-0.4, -0.2) is 58.8 Å². The van der Waals surface area contributed by atoms with Gasteiger partial charge < -0.3 is 24.4 Å². The van der Waals surface area contributed by atoms with Crippen molar-refractivity contribution < 1.29 is 38.5 Å². The first-order valence-corrected chi connectivity index (χ1v) is 11.5. The highest BCUT2D eigenvalue weighted by atomic mass is 19.1. The molecule has 0 radical (unpaired) electrons. The number of carbonyl (C=O) groups is 1. The summed E-state index contributed by atoms with van der Waals surface area (Å²) in [7, 11) is 0. The highest BCUT2D eigenvalue weighted by Gasteiger charge is 2.34. The predicted molar refractivity (Wildman–Crippen MR) is 131 cm³/mol. The van der Waals surface area contributed by atoms with Gasteiger partial charge in [0.05, 0.1) is 30.3 Å². The van der Waals surface area contributed by atoms with Crippen molar-refractivity contribution in [1.82, 2.24) is 0 Å². The van der Waals surface area contributed by atoms with Crippen molar-refractivity contribution in [3.63, 3.8) is 0 Å². The number of nitrogens with zero attached hydrogens (tertiary/aromatic N) is 1. The van der Waals surface area contributed by atoms with Gasteiger partial charge in [0.25, 0.3) is 5.69 Å². The number of hydrogen-bond acceptors (Lipinski definition) is 8. The molecule has 0 aliphatic rings. The number of aliphatic hydroxyl groups is 2. The number of aliphatic hydroxyl groups excluding tert-OH is 2. The molecule has 2 N–H and O–H groups in total. The smallest absolute Gasteiger partial charge is 0.338 e. The molecule has 0 bridgehead atoms. The van der Waals surface area contributed by atoms with E-state index in [1.807, 2.05) is 36.4 Å². The summed E-state index contributed by atoms with van der Waals surface area (Å²) < 4.78 is 30.9. The summed E-state index contributed by atoms with van der Waals surface area (Å²) in [6.07, 6.45) is -6.84. The standard InChI is InChI=1S/C27H28FNO8/c28-23(17-35-15-19-7-3-1-4-8-19)25(30)26(31)24(36-16-20-9-5-2-6-10-20)18-37-27(32)21-11-13-22(14-12-21)29(33)34/h1-14,23-26,30-31H,15-18H2/t23-,24-,25-,26-/m0/s1. The number of halogens is 1. The third-order valence-corrected chi connectivity index (χ3v) is 5.49. The molecule has 0 aliphatic heterocycles. The van der Waals surface area contributed by atoms with E-state index in [1.54, 1.807) is 24.3 Å². The molecule has 3 aromatic carbocycles. The molecule has 0 saturated carbocycles. The van der Waals surface area contributed by atoms with E-state index in [-0.39, 0.29) is 24.5 Å². The lowest BCUT2D eigenvalue weighted by atomic mass is 10.0. The minimum absolute atomic E-state index is 0.00578. The number of alkyl halides is 1. The Labute approximate surface area is 213 Å². The molecule has 37 heavy (non-hydrogen) atoms. The highest BCUT2D eigenvalue weighted by molar-refractivity contribution is 5.89. The maximum atomic E-state index is 14.7. The Morgan fingerprint density at radius 1 is 0.838 bits per heavy atom. The molecule has 4 atom stereocenters. The second-order valence-electron chi connectivity index (χ2n) is 8.24. The van der Waals surface area contributed by atoms with Gasteiger partial charge in [-0.1, -0.05) is 60.7 Å². The number of benzene rings is 3. The van der Waals surface area contributed by atoms with Crippen LogP contribution in [0.2, 0.25) is 0 Å². The van der Waals surface area contributed by atoms with Gasteiger partial charge in [0.2, 0.25) is 0 Å². The Hall–Kier alpha value is -3.70. The molecule has 0 amide bonds. The van der Waals surface area contributed by atoms with Crippen molar-refractivity contribution in [2.24, 2.45) is 0 Å². The van der Waals surface area contributed by atoms with Crippen LogP contribution >= 0.6 is 0 Å². The first-order valence-electron chi connectivity index (χ1n) is 11.5. The fraction of sp³-hybridized carbons (Fsp3) is 0.296. The van der Waals surface area contributed by atoms with Crippen LogP contribution in [0.1, 0.15) is 21.5 Å². The topological polar surface area (TPSA) is 128 Å². The van der Waals surface area contributed by atoms with Crippen LogP contribution < -0.4 is 0 Å². The lowest BCUT2D eigenvalue weighted by Gasteiger charge is -2.28. The van der Waals surface area contributed by atoms with Crippen LogP contribution in [-0.2, 0) is 27.4 Å². The van der Waals surface area contributed by atoms with Crippen LogP contribution in [0.4, 0.5) is 10.1 Å². The molecule has 0 heterocycles. The number of nitro benzene ring substituents is 1. The summed E-state index contributed by atoms with van der Waals surface area (Å²) in [5.41, 5.74) is 1.42. The Balaban J connectivity index is 1.60. The van der Waals surface area contributed by atoms with E-state index in [0.29, 0.717) is 0 Å². The third-order valence-electron chi connectivity index (χ3n) is 5.49. The van der Waals surface area contributed by atoms with Crippen LogP contribution in [0.3, 0.4) is 0 Å². The van der Waals surface area contributed by atoms with Crippen LogP contribution in [0.5, 0.6) is 0 Å². The summed E-state index contributed by atoms with van der Waals surface area (Å²) in [4.78, 5) is 22.6. The highest BCUT2D eigenvalue weighted by Crippen LogP contribution is 2.17. The molecule has 9 nitrogen and oxygen atoms in total. The van der Waals surface area contributed by atoms with Crippen molar-refractivity contribution in [2.45, 2.75) is 37.7 Å². The fourth-order valence-electron chi connectivity index (χ4n) is 3.38. The van der Waals surface area contributed by atoms with Crippen LogP contribution in [0.15, 0.2) is 84.9 Å². The molecule has 3 aromatic rings. The summed E-state index contributed by atoms with van der Waals surface area (Å²) in [5.74, 6) is -0.826. The van der Waals surface area contributed by atoms with Crippen molar-refractivity contribution in [2.75, 3.05) is 13.2 Å².